The topological polar surface area (TPSA) is 70.7 Å². The first-order chi connectivity index (χ1) is 13.4. The van der Waals surface area contributed by atoms with Gasteiger partial charge in [-0.1, -0.05) is 23.2 Å². The van der Waals surface area contributed by atoms with Crippen molar-refractivity contribution >= 4 is 58.0 Å². The molecule has 3 rings (SSSR count). The molecule has 0 aliphatic carbocycles. The number of nitrogens with one attached hydrogen (secondary N) is 2. The monoisotopic (exact) mass is 437 g/mol. The fourth-order valence-electron chi connectivity index (χ4n) is 2.62. The molecule has 9 heteroatoms. The second-order valence-electron chi connectivity index (χ2n) is 6.02. The van der Waals surface area contributed by atoms with Crippen LogP contribution >= 0.6 is 35.4 Å². The highest BCUT2D eigenvalue weighted by atomic mass is 35.5. The first-order valence-corrected chi connectivity index (χ1v) is 9.65. The van der Waals surface area contributed by atoms with E-state index in [9.17, 15) is 9.59 Å². The number of carbonyl (C=O) groups is 2. The lowest BCUT2D eigenvalue weighted by molar-refractivity contribution is 0.0303. The molecule has 28 heavy (non-hydrogen) atoms. The Morgan fingerprint density at radius 1 is 0.964 bits per heavy atom. The van der Waals surface area contributed by atoms with Crippen LogP contribution in [0.15, 0.2) is 42.5 Å². The van der Waals surface area contributed by atoms with Crippen LogP contribution < -0.4 is 10.6 Å². The molecule has 1 fully saturated rings. The van der Waals surface area contributed by atoms with E-state index in [0.717, 1.165) is 0 Å². The van der Waals surface area contributed by atoms with Crippen LogP contribution in [0.5, 0.6) is 0 Å². The van der Waals surface area contributed by atoms with Gasteiger partial charge < -0.3 is 15.0 Å². The maximum atomic E-state index is 12.4. The van der Waals surface area contributed by atoms with Crippen molar-refractivity contribution in [1.29, 1.82) is 0 Å². The summed E-state index contributed by atoms with van der Waals surface area (Å²) in [7, 11) is 0. The minimum absolute atomic E-state index is 0.0367. The van der Waals surface area contributed by atoms with E-state index < -0.39 is 5.91 Å². The van der Waals surface area contributed by atoms with Gasteiger partial charge in [0.25, 0.3) is 11.8 Å². The molecule has 146 valence electrons. The zero-order valence-electron chi connectivity index (χ0n) is 14.7. The number of amides is 2. The van der Waals surface area contributed by atoms with Gasteiger partial charge in [-0.25, -0.2) is 0 Å². The van der Waals surface area contributed by atoms with Crippen LogP contribution in [0.1, 0.15) is 20.7 Å². The summed E-state index contributed by atoms with van der Waals surface area (Å²) in [4.78, 5) is 26.4. The first kappa shape index (κ1) is 20.5. The molecule has 1 aliphatic rings. The van der Waals surface area contributed by atoms with E-state index in [2.05, 4.69) is 10.6 Å². The van der Waals surface area contributed by atoms with Gasteiger partial charge in [-0.15, -0.1) is 0 Å². The number of hydrogen-bond acceptors (Lipinski definition) is 4. The molecule has 1 heterocycles. The van der Waals surface area contributed by atoms with Gasteiger partial charge in [0.2, 0.25) is 0 Å². The van der Waals surface area contributed by atoms with E-state index >= 15 is 0 Å². The number of anilines is 1. The molecule has 0 saturated carbocycles. The van der Waals surface area contributed by atoms with Crippen molar-refractivity contribution in [3.63, 3.8) is 0 Å². The summed E-state index contributed by atoms with van der Waals surface area (Å²) in [6, 6.07) is 11.4. The Labute approximate surface area is 177 Å². The minimum Gasteiger partial charge on any atom is -0.378 e. The molecule has 1 saturated heterocycles. The average Bonchev–Trinajstić information content (AvgIpc) is 2.70. The van der Waals surface area contributed by atoms with Crippen LogP contribution in [-0.2, 0) is 4.74 Å². The number of thiocarbonyl (C=S) groups is 1. The second-order valence-corrected chi connectivity index (χ2v) is 7.24. The van der Waals surface area contributed by atoms with Crippen molar-refractivity contribution in [2.75, 3.05) is 31.6 Å². The zero-order chi connectivity index (χ0) is 20.1. The highest BCUT2D eigenvalue weighted by molar-refractivity contribution is 7.80. The number of benzene rings is 2. The summed E-state index contributed by atoms with van der Waals surface area (Å²) < 4.78 is 5.26. The van der Waals surface area contributed by atoms with Crippen LogP contribution in [-0.4, -0.2) is 48.1 Å². The Balaban J connectivity index is 1.57. The lowest BCUT2D eigenvalue weighted by Crippen LogP contribution is -2.40. The van der Waals surface area contributed by atoms with E-state index in [1.807, 2.05) is 0 Å². The highest BCUT2D eigenvalue weighted by Gasteiger charge is 2.18. The van der Waals surface area contributed by atoms with Crippen LogP contribution in [0.4, 0.5) is 5.69 Å². The van der Waals surface area contributed by atoms with Gasteiger partial charge in [0.1, 0.15) is 0 Å². The predicted octanol–water partition coefficient (Wildman–Crippen LogP) is 3.59. The van der Waals surface area contributed by atoms with Gasteiger partial charge >= 0.3 is 0 Å². The van der Waals surface area contributed by atoms with E-state index in [0.29, 0.717) is 48.1 Å². The number of rotatable bonds is 3. The van der Waals surface area contributed by atoms with Crippen LogP contribution in [0, 0.1) is 0 Å². The van der Waals surface area contributed by atoms with Crippen molar-refractivity contribution in [3.8, 4) is 0 Å². The molecule has 2 aromatic carbocycles. The summed E-state index contributed by atoms with van der Waals surface area (Å²) in [5.41, 5.74) is 1.57. The molecular weight excluding hydrogens is 421 g/mol. The number of ether oxygens (including phenoxy) is 1. The number of hydrogen-bond donors (Lipinski definition) is 2. The van der Waals surface area contributed by atoms with Crippen molar-refractivity contribution in [3.05, 3.63) is 63.6 Å². The summed E-state index contributed by atoms with van der Waals surface area (Å²) in [6.07, 6.45) is 0. The molecule has 2 aromatic rings. The zero-order valence-corrected chi connectivity index (χ0v) is 17.0. The molecule has 2 amide bonds. The summed E-state index contributed by atoms with van der Waals surface area (Å²) >= 11 is 16.9. The SMILES string of the molecule is O=C(NC(=S)Nc1ccc(C(=O)N2CCOCC2)cc1)c1ccc(Cl)c(Cl)c1. The van der Waals surface area contributed by atoms with E-state index in [4.69, 9.17) is 40.2 Å². The van der Waals surface area contributed by atoms with E-state index in [1.165, 1.54) is 6.07 Å². The van der Waals surface area contributed by atoms with Crippen LogP contribution in [0.3, 0.4) is 0 Å². The Bertz CT molecular complexity index is 900. The van der Waals surface area contributed by atoms with Crippen molar-refractivity contribution in [2.24, 2.45) is 0 Å². The van der Waals surface area contributed by atoms with Crippen molar-refractivity contribution in [1.82, 2.24) is 10.2 Å². The molecule has 0 radical (unpaired) electrons. The number of nitrogens with zero attached hydrogens (tertiary/aromatic N) is 1. The molecule has 0 spiro atoms. The third kappa shape index (κ3) is 5.20. The Hall–Kier alpha value is -2.19. The van der Waals surface area contributed by atoms with E-state index in [-0.39, 0.29) is 16.0 Å². The largest absolute Gasteiger partial charge is 0.378 e. The molecule has 0 bridgehead atoms. The lowest BCUT2D eigenvalue weighted by atomic mass is 10.1. The fourth-order valence-corrected chi connectivity index (χ4v) is 3.13. The van der Waals surface area contributed by atoms with Gasteiger partial charge in [0.15, 0.2) is 5.11 Å². The third-order valence-corrected chi connectivity index (χ3v) is 5.04. The van der Waals surface area contributed by atoms with Gasteiger partial charge in [0, 0.05) is 29.9 Å². The average molecular weight is 438 g/mol. The van der Waals surface area contributed by atoms with Gasteiger partial charge in [-0.2, -0.15) is 0 Å². The molecule has 6 nitrogen and oxygen atoms in total. The minimum atomic E-state index is -0.407. The first-order valence-electron chi connectivity index (χ1n) is 8.48. The predicted molar refractivity (Wildman–Crippen MR) is 113 cm³/mol. The summed E-state index contributed by atoms with van der Waals surface area (Å²) in [6.45, 7) is 2.28. The summed E-state index contributed by atoms with van der Waals surface area (Å²) in [5, 5.41) is 6.26. The molecular formula is C19H17Cl2N3O3S. The maximum absolute atomic E-state index is 12.4. The smallest absolute Gasteiger partial charge is 0.257 e. The van der Waals surface area contributed by atoms with Gasteiger partial charge in [0.05, 0.1) is 23.3 Å². The number of morpholine rings is 1. The standard InChI is InChI=1S/C19H17Cl2N3O3S/c20-15-6-3-13(11-16(15)21)17(25)23-19(28)22-14-4-1-12(2-5-14)18(26)24-7-9-27-10-8-24/h1-6,11H,7-10H2,(H2,22,23,25,28). The van der Waals surface area contributed by atoms with Crippen molar-refractivity contribution < 1.29 is 14.3 Å². The van der Waals surface area contributed by atoms with E-state index in [1.54, 1.807) is 41.3 Å². The Morgan fingerprint density at radius 3 is 2.25 bits per heavy atom. The third-order valence-electron chi connectivity index (χ3n) is 4.10. The number of halogens is 2. The summed E-state index contributed by atoms with van der Waals surface area (Å²) in [5.74, 6) is -0.444. The lowest BCUT2D eigenvalue weighted by Gasteiger charge is -2.26. The van der Waals surface area contributed by atoms with Gasteiger partial charge in [-0.05, 0) is 54.7 Å². The normalized spacial score (nSPS) is 13.7. The molecule has 0 unspecified atom stereocenters. The molecule has 0 aromatic heterocycles. The fraction of sp³-hybridized carbons (Fsp3) is 0.211. The quantitative estimate of drug-likeness (QED) is 0.717. The molecule has 0 atom stereocenters. The highest BCUT2D eigenvalue weighted by Crippen LogP contribution is 2.22. The van der Waals surface area contributed by atoms with Crippen LogP contribution in [0.25, 0.3) is 0 Å². The maximum Gasteiger partial charge on any atom is 0.257 e. The van der Waals surface area contributed by atoms with Gasteiger partial charge in [-0.3, -0.25) is 14.9 Å². The number of carbonyl (C=O) groups excluding carboxylic acids is 2. The Morgan fingerprint density at radius 2 is 1.61 bits per heavy atom. The molecule has 1 aliphatic heterocycles. The molecule has 2 N–H and O–H groups in total. The van der Waals surface area contributed by atoms with Crippen LogP contribution in [0.2, 0.25) is 10.0 Å². The van der Waals surface area contributed by atoms with Crippen molar-refractivity contribution in [2.45, 2.75) is 0 Å². The second kappa shape index (κ2) is 9.34. The Kier molecular flexibility index (Phi) is 6.85.